The fourth-order valence-corrected chi connectivity index (χ4v) is 2.28. The third-order valence-electron chi connectivity index (χ3n) is 2.12. The molecule has 1 N–H and O–H groups in total. The molecule has 0 saturated heterocycles. The second-order valence-corrected chi connectivity index (χ2v) is 5.26. The van der Waals surface area contributed by atoms with Gasteiger partial charge in [-0.25, -0.2) is 0 Å². The number of halogens is 1. The van der Waals surface area contributed by atoms with Crippen LogP contribution in [0.3, 0.4) is 0 Å². The van der Waals surface area contributed by atoms with Crippen LogP contribution in [-0.4, -0.2) is 0 Å². The molecule has 0 radical (unpaired) electrons. The minimum absolute atomic E-state index is 0.922. The Labute approximate surface area is 102 Å². The first kappa shape index (κ1) is 10.9. The monoisotopic (exact) mass is 281 g/mol. The van der Waals surface area contributed by atoms with Crippen molar-refractivity contribution in [2.75, 3.05) is 0 Å². The van der Waals surface area contributed by atoms with Gasteiger partial charge in [0.1, 0.15) is 0 Å². The number of rotatable bonds is 4. The van der Waals surface area contributed by atoms with Gasteiger partial charge in [-0.2, -0.15) is 0 Å². The van der Waals surface area contributed by atoms with E-state index in [0.717, 1.165) is 17.6 Å². The van der Waals surface area contributed by atoms with Crippen LogP contribution in [-0.2, 0) is 13.1 Å². The van der Waals surface area contributed by atoms with Gasteiger partial charge in [0.25, 0.3) is 0 Å². The number of benzene rings is 1. The Morgan fingerprint density at radius 1 is 1.07 bits per heavy atom. The van der Waals surface area contributed by atoms with Gasteiger partial charge in [-0.3, -0.25) is 0 Å². The molecule has 0 saturated carbocycles. The number of hydrogen-bond donors (Lipinski definition) is 1. The molecule has 0 spiro atoms. The van der Waals surface area contributed by atoms with Crippen LogP contribution in [0, 0.1) is 0 Å². The Bertz CT molecular complexity index is 394. The second-order valence-electron chi connectivity index (χ2n) is 3.31. The summed E-state index contributed by atoms with van der Waals surface area (Å²) in [6.45, 7) is 1.87. The van der Waals surface area contributed by atoms with Gasteiger partial charge in [-0.05, 0) is 29.1 Å². The third-order valence-corrected chi connectivity index (χ3v) is 3.53. The van der Waals surface area contributed by atoms with Gasteiger partial charge in [0, 0.05) is 22.4 Å². The normalized spacial score (nSPS) is 10.5. The molecule has 0 unspecified atom stereocenters. The quantitative estimate of drug-likeness (QED) is 0.899. The smallest absolute Gasteiger partial charge is 0.0302 e. The molecule has 2 rings (SSSR count). The number of nitrogens with one attached hydrogen (secondary N) is 1. The first-order valence-electron chi connectivity index (χ1n) is 4.82. The van der Waals surface area contributed by atoms with Crippen molar-refractivity contribution in [2.45, 2.75) is 13.1 Å². The van der Waals surface area contributed by atoms with Crippen molar-refractivity contribution in [2.24, 2.45) is 0 Å². The maximum Gasteiger partial charge on any atom is 0.0302 e. The summed E-state index contributed by atoms with van der Waals surface area (Å²) < 4.78 is 1.13. The zero-order valence-electron chi connectivity index (χ0n) is 8.24. The van der Waals surface area contributed by atoms with Crippen LogP contribution in [0.2, 0.25) is 0 Å². The van der Waals surface area contributed by atoms with Crippen molar-refractivity contribution in [3.63, 3.8) is 0 Å². The Morgan fingerprint density at radius 3 is 2.53 bits per heavy atom. The van der Waals surface area contributed by atoms with E-state index < -0.39 is 0 Å². The molecule has 2 aromatic rings. The molecule has 0 aliphatic heterocycles. The van der Waals surface area contributed by atoms with E-state index in [1.54, 1.807) is 11.3 Å². The average molecular weight is 282 g/mol. The van der Waals surface area contributed by atoms with Crippen LogP contribution in [0.15, 0.2) is 46.3 Å². The van der Waals surface area contributed by atoms with Crippen molar-refractivity contribution < 1.29 is 0 Å². The van der Waals surface area contributed by atoms with Gasteiger partial charge in [0.2, 0.25) is 0 Å². The molecule has 78 valence electrons. The highest BCUT2D eigenvalue weighted by atomic mass is 79.9. The minimum Gasteiger partial charge on any atom is -0.308 e. The Balaban J connectivity index is 1.81. The predicted octanol–water partition coefficient (Wildman–Crippen LogP) is 3.80. The van der Waals surface area contributed by atoms with Gasteiger partial charge >= 0.3 is 0 Å². The van der Waals surface area contributed by atoms with Crippen molar-refractivity contribution in [1.82, 2.24) is 5.32 Å². The van der Waals surface area contributed by atoms with Crippen molar-refractivity contribution >= 4 is 27.3 Å². The molecule has 15 heavy (non-hydrogen) atoms. The van der Waals surface area contributed by atoms with E-state index in [9.17, 15) is 0 Å². The van der Waals surface area contributed by atoms with Gasteiger partial charge in [-0.15, -0.1) is 11.3 Å². The molecule has 1 nitrogen and oxygen atoms in total. The largest absolute Gasteiger partial charge is 0.308 e. The molecule has 0 amide bonds. The highest BCUT2D eigenvalue weighted by Crippen LogP contribution is 2.11. The zero-order chi connectivity index (χ0) is 10.5. The first-order chi connectivity index (χ1) is 7.34. The standard InChI is InChI=1S/C12H12BrNS/c13-11-5-3-10(4-6-11)8-14-9-12-2-1-7-15-12/h1-7,14H,8-9H2. The van der Waals surface area contributed by atoms with E-state index in [4.69, 9.17) is 0 Å². The van der Waals surface area contributed by atoms with Crippen LogP contribution >= 0.6 is 27.3 Å². The van der Waals surface area contributed by atoms with Crippen molar-refractivity contribution in [3.05, 3.63) is 56.7 Å². The zero-order valence-corrected chi connectivity index (χ0v) is 10.6. The van der Waals surface area contributed by atoms with Crippen molar-refractivity contribution in [1.29, 1.82) is 0 Å². The van der Waals surface area contributed by atoms with E-state index in [1.165, 1.54) is 10.4 Å². The molecule has 1 heterocycles. The van der Waals surface area contributed by atoms with Gasteiger partial charge in [0.05, 0.1) is 0 Å². The van der Waals surface area contributed by atoms with Gasteiger partial charge < -0.3 is 5.32 Å². The van der Waals surface area contributed by atoms with Gasteiger partial charge in [-0.1, -0.05) is 34.1 Å². The molecule has 0 aliphatic rings. The lowest BCUT2D eigenvalue weighted by molar-refractivity contribution is 0.701. The maximum absolute atomic E-state index is 3.43. The van der Waals surface area contributed by atoms with E-state index in [2.05, 4.69) is 63.0 Å². The molecule has 0 fully saturated rings. The van der Waals surface area contributed by atoms with Crippen molar-refractivity contribution in [3.8, 4) is 0 Å². The summed E-state index contributed by atoms with van der Waals surface area (Å²) in [4.78, 5) is 1.38. The predicted molar refractivity (Wildman–Crippen MR) is 69.0 cm³/mol. The van der Waals surface area contributed by atoms with E-state index in [-0.39, 0.29) is 0 Å². The number of thiophene rings is 1. The highest BCUT2D eigenvalue weighted by molar-refractivity contribution is 9.10. The maximum atomic E-state index is 3.43. The lowest BCUT2D eigenvalue weighted by Gasteiger charge is -2.03. The molecule has 0 atom stereocenters. The molecular formula is C12H12BrNS. The fraction of sp³-hybridized carbons (Fsp3) is 0.167. The molecular weight excluding hydrogens is 270 g/mol. The highest BCUT2D eigenvalue weighted by Gasteiger charge is 1.94. The Morgan fingerprint density at radius 2 is 1.87 bits per heavy atom. The molecule has 1 aromatic heterocycles. The Kier molecular flexibility index (Phi) is 3.94. The molecule has 3 heteroatoms. The van der Waals surface area contributed by atoms with Crippen LogP contribution < -0.4 is 5.32 Å². The van der Waals surface area contributed by atoms with Gasteiger partial charge in [0.15, 0.2) is 0 Å². The van der Waals surface area contributed by atoms with Crippen LogP contribution in [0.5, 0.6) is 0 Å². The topological polar surface area (TPSA) is 12.0 Å². The average Bonchev–Trinajstić information content (AvgIpc) is 2.74. The summed E-state index contributed by atoms with van der Waals surface area (Å²) in [5, 5.41) is 5.53. The first-order valence-corrected chi connectivity index (χ1v) is 6.49. The Hall–Kier alpha value is -0.640. The van der Waals surface area contributed by atoms with Crippen LogP contribution in [0.25, 0.3) is 0 Å². The molecule has 0 aliphatic carbocycles. The minimum atomic E-state index is 0.922. The molecule has 0 bridgehead atoms. The molecule has 1 aromatic carbocycles. The van der Waals surface area contributed by atoms with E-state index >= 15 is 0 Å². The summed E-state index contributed by atoms with van der Waals surface area (Å²) in [6, 6.07) is 12.6. The summed E-state index contributed by atoms with van der Waals surface area (Å²) in [6.07, 6.45) is 0. The third kappa shape index (κ3) is 3.45. The summed E-state index contributed by atoms with van der Waals surface area (Å²) in [7, 11) is 0. The van der Waals surface area contributed by atoms with Crippen LogP contribution in [0.4, 0.5) is 0 Å². The summed E-state index contributed by atoms with van der Waals surface area (Å²) >= 11 is 5.22. The lowest BCUT2D eigenvalue weighted by Crippen LogP contribution is -2.11. The number of hydrogen-bond acceptors (Lipinski definition) is 2. The summed E-state index contributed by atoms with van der Waals surface area (Å²) in [5.74, 6) is 0. The second kappa shape index (κ2) is 5.45. The lowest BCUT2D eigenvalue weighted by atomic mass is 10.2. The summed E-state index contributed by atoms with van der Waals surface area (Å²) in [5.41, 5.74) is 1.31. The van der Waals surface area contributed by atoms with E-state index in [0.29, 0.717) is 0 Å². The SMILES string of the molecule is Brc1ccc(CNCc2cccs2)cc1. The van der Waals surface area contributed by atoms with E-state index in [1.807, 2.05) is 0 Å². The van der Waals surface area contributed by atoms with Crippen LogP contribution in [0.1, 0.15) is 10.4 Å². The fourth-order valence-electron chi connectivity index (χ4n) is 1.35.